The summed E-state index contributed by atoms with van der Waals surface area (Å²) in [6.45, 7) is 1.80. The van der Waals surface area contributed by atoms with E-state index in [0.717, 1.165) is 5.56 Å². The number of aliphatic carboxylic acids is 1. The Morgan fingerprint density at radius 3 is 1.92 bits per heavy atom. The molecular formula is C18H16ClNO4. The van der Waals surface area contributed by atoms with Crippen LogP contribution in [0.2, 0.25) is 5.02 Å². The molecule has 2 amide bonds. The molecular weight excluding hydrogens is 330 g/mol. The van der Waals surface area contributed by atoms with Crippen LogP contribution in [0.3, 0.4) is 0 Å². The van der Waals surface area contributed by atoms with E-state index in [1.165, 1.54) is 4.90 Å². The predicted molar refractivity (Wildman–Crippen MR) is 90.0 cm³/mol. The first-order valence-electron chi connectivity index (χ1n) is 7.36. The average molecular weight is 346 g/mol. The lowest BCUT2D eigenvalue weighted by Gasteiger charge is -2.14. The molecule has 0 aromatic heterocycles. The first-order chi connectivity index (χ1) is 11.5. The first kappa shape index (κ1) is 17.7. The Kier molecular flexibility index (Phi) is 5.71. The lowest BCUT2D eigenvalue weighted by atomic mass is 10.1. The monoisotopic (exact) mass is 345 g/mol. The lowest BCUT2D eigenvalue weighted by Crippen LogP contribution is -2.29. The quantitative estimate of drug-likeness (QED) is 0.862. The first-order valence-corrected chi connectivity index (χ1v) is 7.74. The van der Waals surface area contributed by atoms with E-state index in [9.17, 15) is 14.4 Å². The minimum Gasteiger partial charge on any atom is -0.481 e. The van der Waals surface area contributed by atoms with Gasteiger partial charge in [-0.1, -0.05) is 48.9 Å². The number of carboxylic acids is 1. The Morgan fingerprint density at radius 2 is 1.46 bits per heavy atom. The number of fused-ring (bicyclic) bond motifs is 1. The molecule has 1 aliphatic rings. The molecule has 6 heteroatoms. The van der Waals surface area contributed by atoms with E-state index >= 15 is 0 Å². The van der Waals surface area contributed by atoms with Crippen molar-refractivity contribution in [2.24, 2.45) is 0 Å². The van der Waals surface area contributed by atoms with Gasteiger partial charge >= 0.3 is 5.97 Å². The minimum absolute atomic E-state index is 0.200. The number of halogens is 1. The third-order valence-electron chi connectivity index (χ3n) is 3.47. The second-order valence-electron chi connectivity index (χ2n) is 5.08. The molecule has 1 heterocycles. The summed E-state index contributed by atoms with van der Waals surface area (Å²) in [7, 11) is 0. The number of hydrogen-bond donors (Lipinski definition) is 1. The Morgan fingerprint density at radius 1 is 1.00 bits per heavy atom. The Hall–Kier alpha value is -2.66. The molecule has 0 spiro atoms. The van der Waals surface area contributed by atoms with Crippen molar-refractivity contribution in [1.29, 1.82) is 0 Å². The van der Waals surface area contributed by atoms with E-state index in [4.69, 9.17) is 16.7 Å². The SMILES string of the molecule is CCC(=O)O.O=C1c2ccccc2C(=O)N1Cc1ccccc1Cl. The van der Waals surface area contributed by atoms with Crippen LogP contribution in [-0.4, -0.2) is 27.8 Å². The smallest absolute Gasteiger partial charge is 0.303 e. The summed E-state index contributed by atoms with van der Waals surface area (Å²) in [4.78, 5) is 35.0. The molecule has 5 nitrogen and oxygen atoms in total. The van der Waals surface area contributed by atoms with E-state index in [0.29, 0.717) is 16.1 Å². The van der Waals surface area contributed by atoms with Gasteiger partial charge in [-0.05, 0) is 23.8 Å². The maximum Gasteiger partial charge on any atom is 0.303 e. The highest BCUT2D eigenvalue weighted by Crippen LogP contribution is 2.26. The van der Waals surface area contributed by atoms with E-state index in [1.807, 2.05) is 18.2 Å². The Balaban J connectivity index is 0.000000368. The van der Waals surface area contributed by atoms with E-state index in [-0.39, 0.29) is 24.8 Å². The highest BCUT2D eigenvalue weighted by Gasteiger charge is 2.35. The van der Waals surface area contributed by atoms with E-state index in [1.54, 1.807) is 37.3 Å². The van der Waals surface area contributed by atoms with Gasteiger partial charge in [0.1, 0.15) is 0 Å². The summed E-state index contributed by atoms with van der Waals surface area (Å²) in [5.74, 6) is -1.27. The third-order valence-corrected chi connectivity index (χ3v) is 3.84. The zero-order valence-electron chi connectivity index (χ0n) is 13.0. The van der Waals surface area contributed by atoms with Gasteiger partial charge in [0.25, 0.3) is 11.8 Å². The number of nitrogens with zero attached hydrogens (tertiary/aromatic N) is 1. The molecule has 1 N–H and O–H groups in total. The summed E-state index contributed by atoms with van der Waals surface area (Å²) in [5, 5.41) is 8.28. The molecule has 1 aliphatic heterocycles. The molecule has 0 saturated carbocycles. The molecule has 0 bridgehead atoms. The van der Waals surface area contributed by atoms with Crippen molar-refractivity contribution in [3.63, 3.8) is 0 Å². The minimum atomic E-state index is -0.745. The fourth-order valence-electron chi connectivity index (χ4n) is 2.18. The van der Waals surface area contributed by atoms with Crippen LogP contribution in [0.5, 0.6) is 0 Å². The van der Waals surface area contributed by atoms with Crippen LogP contribution in [0, 0.1) is 0 Å². The van der Waals surface area contributed by atoms with E-state index in [2.05, 4.69) is 0 Å². The Labute approximate surface area is 144 Å². The van der Waals surface area contributed by atoms with Gasteiger partial charge in [-0.2, -0.15) is 0 Å². The van der Waals surface area contributed by atoms with Crippen LogP contribution in [0.15, 0.2) is 48.5 Å². The number of carbonyl (C=O) groups excluding carboxylic acids is 2. The van der Waals surface area contributed by atoms with Gasteiger partial charge in [-0.25, -0.2) is 0 Å². The van der Waals surface area contributed by atoms with Crippen LogP contribution in [-0.2, 0) is 11.3 Å². The maximum atomic E-state index is 12.2. The topological polar surface area (TPSA) is 74.7 Å². The molecule has 0 radical (unpaired) electrons. The summed E-state index contributed by atoms with van der Waals surface area (Å²) in [6, 6.07) is 14.0. The zero-order valence-corrected chi connectivity index (χ0v) is 13.8. The van der Waals surface area contributed by atoms with Crippen LogP contribution < -0.4 is 0 Å². The van der Waals surface area contributed by atoms with Gasteiger partial charge < -0.3 is 5.11 Å². The van der Waals surface area contributed by atoms with E-state index < -0.39 is 5.97 Å². The standard InChI is InChI=1S/C15H10ClNO2.C3H6O2/c16-13-8-4-1-5-10(13)9-17-14(18)11-6-2-3-7-12(11)15(17)19;1-2-3(4)5/h1-8H,9H2;2H2,1H3,(H,4,5). The number of carbonyl (C=O) groups is 3. The van der Waals surface area contributed by atoms with Crippen LogP contribution in [0.4, 0.5) is 0 Å². The summed E-state index contributed by atoms with van der Waals surface area (Å²) in [6.07, 6.45) is 0.222. The summed E-state index contributed by atoms with van der Waals surface area (Å²) >= 11 is 6.06. The molecule has 2 aromatic rings. The van der Waals surface area contributed by atoms with Gasteiger partial charge in [0, 0.05) is 11.4 Å². The van der Waals surface area contributed by atoms with Crippen molar-refractivity contribution < 1.29 is 19.5 Å². The van der Waals surface area contributed by atoms with Crippen molar-refractivity contribution in [1.82, 2.24) is 4.90 Å². The highest BCUT2D eigenvalue weighted by atomic mass is 35.5. The van der Waals surface area contributed by atoms with Crippen molar-refractivity contribution >= 4 is 29.4 Å². The van der Waals surface area contributed by atoms with Gasteiger partial charge in [0.2, 0.25) is 0 Å². The number of amides is 2. The van der Waals surface area contributed by atoms with Crippen LogP contribution >= 0.6 is 11.6 Å². The molecule has 24 heavy (non-hydrogen) atoms. The fraction of sp³-hybridized carbons (Fsp3) is 0.167. The van der Waals surface area contributed by atoms with Crippen molar-refractivity contribution in [2.75, 3.05) is 0 Å². The van der Waals surface area contributed by atoms with Crippen LogP contribution in [0.25, 0.3) is 0 Å². The maximum absolute atomic E-state index is 12.2. The molecule has 2 aromatic carbocycles. The van der Waals surface area contributed by atoms with Gasteiger partial charge in [-0.15, -0.1) is 0 Å². The number of imide groups is 1. The average Bonchev–Trinajstić information content (AvgIpc) is 2.83. The van der Waals surface area contributed by atoms with Crippen molar-refractivity contribution in [2.45, 2.75) is 19.9 Å². The fourth-order valence-corrected chi connectivity index (χ4v) is 2.38. The second kappa shape index (κ2) is 7.75. The third kappa shape index (κ3) is 3.81. The molecule has 0 atom stereocenters. The zero-order chi connectivity index (χ0) is 17.7. The Bertz CT molecular complexity index is 753. The normalized spacial score (nSPS) is 12.5. The summed E-state index contributed by atoms with van der Waals surface area (Å²) in [5.41, 5.74) is 1.68. The number of carboxylic acid groups (broad SMARTS) is 1. The highest BCUT2D eigenvalue weighted by molar-refractivity contribution is 6.31. The van der Waals surface area contributed by atoms with Gasteiger partial charge in [0.15, 0.2) is 0 Å². The molecule has 0 unspecified atom stereocenters. The van der Waals surface area contributed by atoms with Gasteiger partial charge in [0.05, 0.1) is 17.7 Å². The number of rotatable bonds is 3. The second-order valence-corrected chi connectivity index (χ2v) is 5.49. The largest absolute Gasteiger partial charge is 0.481 e. The number of benzene rings is 2. The van der Waals surface area contributed by atoms with Gasteiger partial charge in [-0.3, -0.25) is 19.3 Å². The van der Waals surface area contributed by atoms with Crippen molar-refractivity contribution in [3.8, 4) is 0 Å². The lowest BCUT2D eigenvalue weighted by molar-refractivity contribution is -0.136. The van der Waals surface area contributed by atoms with Crippen molar-refractivity contribution in [3.05, 3.63) is 70.2 Å². The predicted octanol–water partition coefficient (Wildman–Crippen LogP) is 3.62. The molecule has 0 aliphatic carbocycles. The molecule has 3 rings (SSSR count). The van der Waals surface area contributed by atoms with Crippen LogP contribution in [0.1, 0.15) is 39.6 Å². The summed E-state index contributed by atoms with van der Waals surface area (Å²) < 4.78 is 0. The molecule has 0 saturated heterocycles. The number of hydrogen-bond acceptors (Lipinski definition) is 3. The molecule has 124 valence electrons. The molecule has 0 fully saturated rings.